The molecule has 1 heterocycles. The zero-order valence-electron chi connectivity index (χ0n) is 20.8. The van der Waals surface area contributed by atoms with Gasteiger partial charge in [-0.15, -0.1) is 0 Å². The second-order valence-electron chi connectivity index (χ2n) is 8.96. The van der Waals surface area contributed by atoms with Crippen molar-refractivity contribution >= 4 is 22.7 Å². The number of aromatic nitrogens is 1. The number of fused-ring (bicyclic) bond motifs is 1. The summed E-state index contributed by atoms with van der Waals surface area (Å²) in [6, 6.07) is 22.5. The van der Waals surface area contributed by atoms with Crippen LogP contribution < -0.4 is 0 Å². The Balaban J connectivity index is 1.81. The Bertz CT molecular complexity index is 1350. The summed E-state index contributed by atoms with van der Waals surface area (Å²) in [4.78, 5) is 32.3. The number of nitrogens with zero attached hydrogens (tertiary/aromatic N) is 1. The monoisotopic (exact) mass is 465 g/mol. The fraction of sp³-hybridized carbons (Fsp3) is 0.258. The summed E-state index contributed by atoms with van der Waals surface area (Å²) in [6.07, 6.45) is 1.30. The Labute approximate surface area is 207 Å². The van der Waals surface area contributed by atoms with Gasteiger partial charge < -0.3 is 4.74 Å². The molecule has 0 bridgehead atoms. The maximum absolute atomic E-state index is 13.8. The maximum atomic E-state index is 13.8. The number of hydrogen-bond donors (Lipinski definition) is 0. The molecule has 1 atom stereocenters. The molecule has 4 rings (SSSR count). The number of ether oxygens (including phenoxy) is 1. The highest BCUT2D eigenvalue weighted by Gasteiger charge is 2.29. The van der Waals surface area contributed by atoms with Crippen molar-refractivity contribution in [1.82, 2.24) is 4.98 Å². The van der Waals surface area contributed by atoms with Crippen LogP contribution in [0.4, 0.5) is 0 Å². The fourth-order valence-corrected chi connectivity index (χ4v) is 4.41. The molecule has 4 heteroatoms. The van der Waals surface area contributed by atoms with E-state index < -0.39 is 12.1 Å². The number of para-hydroxylation sites is 1. The second kappa shape index (κ2) is 10.6. The molecule has 35 heavy (non-hydrogen) atoms. The number of esters is 1. The van der Waals surface area contributed by atoms with Crippen molar-refractivity contribution < 1.29 is 14.3 Å². The lowest BCUT2D eigenvalue weighted by Crippen LogP contribution is -2.22. The Kier molecular flexibility index (Phi) is 7.40. The van der Waals surface area contributed by atoms with Gasteiger partial charge in [-0.25, -0.2) is 4.79 Å². The maximum Gasteiger partial charge on any atom is 0.340 e. The van der Waals surface area contributed by atoms with E-state index in [9.17, 15) is 9.59 Å². The molecule has 0 radical (unpaired) electrons. The van der Waals surface area contributed by atoms with Crippen molar-refractivity contribution in [2.75, 3.05) is 0 Å². The van der Waals surface area contributed by atoms with Crippen molar-refractivity contribution in [3.8, 4) is 0 Å². The zero-order chi connectivity index (χ0) is 24.9. The number of Topliss-reactive ketones (excluding diaryl/α,β-unsaturated/α-hetero) is 1. The molecule has 0 amide bonds. The predicted octanol–water partition coefficient (Wildman–Crippen LogP) is 7.15. The molecule has 0 spiro atoms. The van der Waals surface area contributed by atoms with Gasteiger partial charge in [-0.1, -0.05) is 98.1 Å². The molecule has 1 aromatic heterocycles. The highest BCUT2D eigenvalue weighted by atomic mass is 16.5. The second-order valence-corrected chi connectivity index (χ2v) is 8.96. The first-order valence-corrected chi connectivity index (χ1v) is 12.2. The van der Waals surface area contributed by atoms with E-state index >= 15 is 0 Å². The lowest BCUT2D eigenvalue weighted by Gasteiger charge is -2.20. The topological polar surface area (TPSA) is 56.3 Å². The standard InChI is InChI=1S/C31H31NO3/c1-5-9-26-24(6-2)28(25-10-7-8-11-27(25)32-26)31(34)35-30(23-18-14-21(4)15-19-23)29(33)22-16-12-20(3)13-17-22/h7-8,10-19,30H,5-6,9H2,1-4H3. The molecule has 1 unspecified atom stereocenters. The number of aryl methyl sites for hydroxylation is 3. The van der Waals surface area contributed by atoms with E-state index in [0.29, 0.717) is 23.1 Å². The highest BCUT2D eigenvalue weighted by molar-refractivity contribution is 6.07. The number of carbonyl (C=O) groups is 2. The van der Waals surface area contributed by atoms with Crippen molar-refractivity contribution in [2.24, 2.45) is 0 Å². The lowest BCUT2D eigenvalue weighted by atomic mass is 9.95. The van der Waals surface area contributed by atoms with E-state index in [1.54, 1.807) is 12.1 Å². The van der Waals surface area contributed by atoms with Gasteiger partial charge in [0.2, 0.25) is 5.78 Å². The van der Waals surface area contributed by atoms with Crippen LogP contribution in [-0.4, -0.2) is 16.7 Å². The summed E-state index contributed by atoms with van der Waals surface area (Å²) in [7, 11) is 0. The summed E-state index contributed by atoms with van der Waals surface area (Å²) in [6.45, 7) is 8.08. The van der Waals surface area contributed by atoms with Gasteiger partial charge in [-0.3, -0.25) is 9.78 Å². The van der Waals surface area contributed by atoms with Gasteiger partial charge in [0.1, 0.15) is 0 Å². The van der Waals surface area contributed by atoms with Gasteiger partial charge in [0.25, 0.3) is 0 Å². The lowest BCUT2D eigenvalue weighted by molar-refractivity contribution is 0.0280. The van der Waals surface area contributed by atoms with Gasteiger partial charge >= 0.3 is 5.97 Å². The highest BCUT2D eigenvalue weighted by Crippen LogP contribution is 2.30. The van der Waals surface area contributed by atoms with Gasteiger partial charge in [-0.2, -0.15) is 0 Å². The van der Waals surface area contributed by atoms with Crippen LogP contribution in [0.2, 0.25) is 0 Å². The largest absolute Gasteiger partial charge is 0.445 e. The first-order chi connectivity index (χ1) is 16.9. The minimum absolute atomic E-state index is 0.243. The third-order valence-electron chi connectivity index (χ3n) is 6.30. The predicted molar refractivity (Wildman–Crippen MR) is 140 cm³/mol. The fourth-order valence-electron chi connectivity index (χ4n) is 4.41. The quantitative estimate of drug-likeness (QED) is 0.205. The first-order valence-electron chi connectivity index (χ1n) is 12.2. The van der Waals surface area contributed by atoms with Crippen molar-refractivity contribution in [1.29, 1.82) is 0 Å². The Hall–Kier alpha value is -3.79. The SMILES string of the molecule is CCCc1nc2ccccc2c(C(=O)OC(C(=O)c2ccc(C)cc2)c2ccc(C)cc2)c1CC. The number of hydrogen-bond acceptors (Lipinski definition) is 4. The van der Waals surface area contributed by atoms with Crippen LogP contribution in [-0.2, 0) is 17.6 Å². The zero-order valence-corrected chi connectivity index (χ0v) is 20.8. The molecule has 3 aromatic carbocycles. The molecule has 0 aliphatic rings. The first kappa shape index (κ1) is 24.3. The Morgan fingerprint density at radius 3 is 2.11 bits per heavy atom. The molecule has 4 aromatic rings. The molecular formula is C31H31NO3. The summed E-state index contributed by atoms with van der Waals surface area (Å²) < 4.78 is 6.08. The third-order valence-corrected chi connectivity index (χ3v) is 6.30. The van der Waals surface area contributed by atoms with Gasteiger partial charge in [0.15, 0.2) is 6.10 Å². The normalized spacial score (nSPS) is 11.9. The van der Waals surface area contributed by atoms with E-state index in [4.69, 9.17) is 9.72 Å². The van der Waals surface area contributed by atoms with Gasteiger partial charge in [0.05, 0.1) is 11.1 Å². The Morgan fingerprint density at radius 2 is 1.49 bits per heavy atom. The molecule has 0 saturated carbocycles. The molecule has 0 fully saturated rings. The average Bonchev–Trinajstić information content (AvgIpc) is 2.87. The van der Waals surface area contributed by atoms with E-state index in [-0.39, 0.29) is 5.78 Å². The van der Waals surface area contributed by atoms with Crippen molar-refractivity contribution in [2.45, 2.75) is 53.1 Å². The van der Waals surface area contributed by atoms with Crippen LogP contribution >= 0.6 is 0 Å². The molecule has 178 valence electrons. The third kappa shape index (κ3) is 5.17. The number of pyridine rings is 1. The Morgan fingerprint density at radius 1 is 0.857 bits per heavy atom. The van der Waals surface area contributed by atoms with Gasteiger partial charge in [-0.05, 0) is 38.3 Å². The van der Waals surface area contributed by atoms with Crippen LogP contribution in [0.25, 0.3) is 10.9 Å². The summed E-state index contributed by atoms with van der Waals surface area (Å²) >= 11 is 0. The average molecular weight is 466 g/mol. The molecular weight excluding hydrogens is 434 g/mol. The summed E-state index contributed by atoms with van der Waals surface area (Å²) in [5, 5.41) is 0.750. The molecule has 0 aliphatic heterocycles. The molecule has 4 nitrogen and oxygen atoms in total. The van der Waals surface area contributed by atoms with E-state index in [2.05, 4.69) is 6.92 Å². The van der Waals surface area contributed by atoms with Crippen LogP contribution in [0.3, 0.4) is 0 Å². The molecule has 0 aliphatic carbocycles. The molecule has 0 saturated heterocycles. The van der Waals surface area contributed by atoms with E-state index in [0.717, 1.165) is 46.1 Å². The summed E-state index contributed by atoms with van der Waals surface area (Å²) in [5.74, 6) is -0.740. The van der Waals surface area contributed by atoms with Gasteiger partial charge in [0, 0.05) is 22.2 Å². The number of ketones is 1. The van der Waals surface area contributed by atoms with Crippen LogP contribution in [0.1, 0.15) is 75.0 Å². The number of rotatable bonds is 8. The van der Waals surface area contributed by atoms with Crippen molar-refractivity contribution in [3.05, 3.63) is 112 Å². The number of benzene rings is 3. The van der Waals surface area contributed by atoms with E-state index in [1.807, 2.05) is 81.4 Å². The van der Waals surface area contributed by atoms with E-state index in [1.165, 1.54) is 0 Å². The minimum atomic E-state index is -1.04. The van der Waals surface area contributed by atoms with Crippen LogP contribution in [0, 0.1) is 13.8 Å². The molecule has 0 N–H and O–H groups in total. The minimum Gasteiger partial charge on any atom is -0.445 e. The van der Waals surface area contributed by atoms with Crippen LogP contribution in [0.15, 0.2) is 72.8 Å². The van der Waals surface area contributed by atoms with Crippen LogP contribution in [0.5, 0.6) is 0 Å². The smallest absolute Gasteiger partial charge is 0.340 e. The van der Waals surface area contributed by atoms with Crippen molar-refractivity contribution in [3.63, 3.8) is 0 Å². The summed E-state index contributed by atoms with van der Waals surface area (Å²) in [5.41, 5.74) is 6.37. The number of carbonyl (C=O) groups excluding carboxylic acids is 2.